The number of benzene rings is 1. The van der Waals surface area contributed by atoms with Gasteiger partial charge in [-0.25, -0.2) is 0 Å². The lowest BCUT2D eigenvalue weighted by Gasteiger charge is -2.20. The predicted molar refractivity (Wildman–Crippen MR) is 90.6 cm³/mol. The predicted octanol–water partition coefficient (Wildman–Crippen LogP) is 2.63. The van der Waals surface area contributed by atoms with Crippen LogP contribution in [0.1, 0.15) is 29.5 Å². The van der Waals surface area contributed by atoms with Gasteiger partial charge in [-0.1, -0.05) is 0 Å². The summed E-state index contributed by atoms with van der Waals surface area (Å²) in [6.07, 6.45) is 6.83. The molecule has 0 atom stereocenters. The van der Waals surface area contributed by atoms with Crippen molar-refractivity contribution in [3.05, 3.63) is 35.1 Å². The van der Waals surface area contributed by atoms with E-state index in [1.165, 1.54) is 17.5 Å². The molecule has 1 aliphatic carbocycles. The molecule has 0 radical (unpaired) electrons. The first-order valence-electron chi connectivity index (χ1n) is 8.69. The van der Waals surface area contributed by atoms with E-state index in [1.807, 2.05) is 4.90 Å². The number of hydrogen-bond donors (Lipinski definition) is 0. The Hall–Kier alpha value is -1.81. The van der Waals surface area contributed by atoms with E-state index in [-0.39, 0.29) is 5.91 Å². The highest BCUT2D eigenvalue weighted by molar-refractivity contribution is 5.88. The standard InChI is InChI=1S/C19H24N2O2/c1-20-6-3-7-21(9-8-20)19(22)12-16-13-23-18-11-15-5-2-4-14(15)10-17(16)18/h10-11,13H,2-9,12H2,1H3. The van der Waals surface area contributed by atoms with Gasteiger partial charge in [0, 0.05) is 30.6 Å². The van der Waals surface area contributed by atoms with Crippen molar-refractivity contribution < 1.29 is 9.21 Å². The van der Waals surface area contributed by atoms with E-state index in [0.29, 0.717) is 6.42 Å². The minimum atomic E-state index is 0.225. The van der Waals surface area contributed by atoms with Crippen LogP contribution in [0.4, 0.5) is 0 Å². The van der Waals surface area contributed by atoms with Crippen LogP contribution in [-0.4, -0.2) is 48.9 Å². The van der Waals surface area contributed by atoms with E-state index in [9.17, 15) is 4.79 Å². The van der Waals surface area contributed by atoms with Gasteiger partial charge in [-0.15, -0.1) is 0 Å². The molecule has 122 valence electrons. The molecular formula is C19H24N2O2. The number of aryl methyl sites for hydroxylation is 2. The highest BCUT2D eigenvalue weighted by atomic mass is 16.3. The molecule has 1 saturated heterocycles. The van der Waals surface area contributed by atoms with Crippen LogP contribution in [0.15, 0.2) is 22.8 Å². The average Bonchev–Trinajstić information content (AvgIpc) is 3.08. The summed E-state index contributed by atoms with van der Waals surface area (Å²) in [7, 11) is 2.12. The third kappa shape index (κ3) is 2.88. The number of likely N-dealkylation sites (N-methyl/N-ethyl adjacent to an activating group) is 1. The fourth-order valence-corrected chi connectivity index (χ4v) is 3.86. The van der Waals surface area contributed by atoms with Gasteiger partial charge in [-0.2, -0.15) is 0 Å². The van der Waals surface area contributed by atoms with E-state index < -0.39 is 0 Å². The Bertz CT molecular complexity index is 734. The van der Waals surface area contributed by atoms with Gasteiger partial charge < -0.3 is 14.2 Å². The van der Waals surface area contributed by atoms with Crippen molar-refractivity contribution in [3.63, 3.8) is 0 Å². The number of rotatable bonds is 2. The van der Waals surface area contributed by atoms with Crippen molar-refractivity contribution in [2.75, 3.05) is 33.2 Å². The lowest BCUT2D eigenvalue weighted by molar-refractivity contribution is -0.130. The second-order valence-corrected chi connectivity index (χ2v) is 6.95. The smallest absolute Gasteiger partial charge is 0.227 e. The largest absolute Gasteiger partial charge is 0.464 e. The molecule has 1 fully saturated rings. The summed E-state index contributed by atoms with van der Waals surface area (Å²) in [6, 6.07) is 4.42. The summed E-state index contributed by atoms with van der Waals surface area (Å²) in [5.74, 6) is 0.225. The maximum atomic E-state index is 12.7. The molecule has 1 aliphatic heterocycles. The van der Waals surface area contributed by atoms with Gasteiger partial charge in [-0.3, -0.25) is 4.79 Å². The van der Waals surface area contributed by atoms with E-state index in [0.717, 1.165) is 62.0 Å². The molecule has 0 N–H and O–H groups in total. The van der Waals surface area contributed by atoms with Gasteiger partial charge in [0.15, 0.2) is 0 Å². The fraction of sp³-hybridized carbons (Fsp3) is 0.526. The van der Waals surface area contributed by atoms with E-state index in [4.69, 9.17) is 4.42 Å². The molecule has 4 rings (SSSR count). The number of furan rings is 1. The van der Waals surface area contributed by atoms with Crippen LogP contribution in [-0.2, 0) is 24.1 Å². The van der Waals surface area contributed by atoms with Crippen LogP contribution in [0.3, 0.4) is 0 Å². The Labute approximate surface area is 137 Å². The van der Waals surface area contributed by atoms with Crippen LogP contribution in [0.5, 0.6) is 0 Å². The molecule has 0 bridgehead atoms. The third-order valence-electron chi connectivity index (χ3n) is 5.28. The van der Waals surface area contributed by atoms with E-state index >= 15 is 0 Å². The molecule has 4 nitrogen and oxygen atoms in total. The molecule has 0 saturated carbocycles. The van der Waals surface area contributed by atoms with Crippen molar-refractivity contribution in [1.29, 1.82) is 0 Å². The normalized spacial score (nSPS) is 19.1. The lowest BCUT2D eigenvalue weighted by atomic mass is 10.0. The Morgan fingerprint density at radius 1 is 1.09 bits per heavy atom. The van der Waals surface area contributed by atoms with Crippen LogP contribution < -0.4 is 0 Å². The van der Waals surface area contributed by atoms with Crippen molar-refractivity contribution >= 4 is 16.9 Å². The van der Waals surface area contributed by atoms with Gasteiger partial charge in [0.25, 0.3) is 0 Å². The van der Waals surface area contributed by atoms with Gasteiger partial charge in [0.2, 0.25) is 5.91 Å². The first kappa shape index (κ1) is 14.8. The Morgan fingerprint density at radius 2 is 1.91 bits per heavy atom. The van der Waals surface area contributed by atoms with Crippen molar-refractivity contribution in [3.8, 4) is 0 Å². The Morgan fingerprint density at radius 3 is 2.78 bits per heavy atom. The van der Waals surface area contributed by atoms with Crippen LogP contribution in [0, 0.1) is 0 Å². The summed E-state index contributed by atoms with van der Waals surface area (Å²) < 4.78 is 5.73. The molecule has 2 aromatic rings. The zero-order valence-corrected chi connectivity index (χ0v) is 13.8. The average molecular weight is 312 g/mol. The molecule has 1 aromatic heterocycles. The van der Waals surface area contributed by atoms with Gasteiger partial charge >= 0.3 is 0 Å². The quantitative estimate of drug-likeness (QED) is 0.855. The molecule has 1 aromatic carbocycles. The van der Waals surface area contributed by atoms with E-state index in [2.05, 4.69) is 24.1 Å². The molecule has 1 amide bonds. The number of nitrogens with zero attached hydrogens (tertiary/aromatic N) is 2. The third-order valence-corrected chi connectivity index (χ3v) is 5.28. The Kier molecular flexibility index (Phi) is 3.85. The van der Waals surface area contributed by atoms with Crippen LogP contribution in [0.2, 0.25) is 0 Å². The number of hydrogen-bond acceptors (Lipinski definition) is 3. The summed E-state index contributed by atoms with van der Waals surface area (Å²) in [5, 5.41) is 1.13. The number of carbonyl (C=O) groups excluding carboxylic acids is 1. The molecule has 0 spiro atoms. The van der Waals surface area contributed by atoms with E-state index in [1.54, 1.807) is 6.26 Å². The first-order valence-corrected chi connectivity index (χ1v) is 8.69. The number of carbonyl (C=O) groups is 1. The summed E-state index contributed by atoms with van der Waals surface area (Å²) in [5.41, 5.74) is 4.82. The second kappa shape index (κ2) is 6.00. The Balaban J connectivity index is 1.54. The molecule has 0 unspecified atom stereocenters. The maximum absolute atomic E-state index is 12.7. The number of fused-ring (bicyclic) bond motifs is 2. The van der Waals surface area contributed by atoms with Gasteiger partial charge in [0.1, 0.15) is 5.58 Å². The van der Waals surface area contributed by atoms with Crippen LogP contribution in [0.25, 0.3) is 11.0 Å². The zero-order valence-electron chi connectivity index (χ0n) is 13.8. The lowest BCUT2D eigenvalue weighted by Crippen LogP contribution is -2.35. The summed E-state index contributed by atoms with van der Waals surface area (Å²) in [4.78, 5) is 17.0. The second-order valence-electron chi connectivity index (χ2n) is 6.95. The molecule has 2 heterocycles. The maximum Gasteiger partial charge on any atom is 0.227 e. The molecule has 23 heavy (non-hydrogen) atoms. The van der Waals surface area contributed by atoms with Crippen molar-refractivity contribution in [2.45, 2.75) is 32.1 Å². The first-order chi connectivity index (χ1) is 11.2. The summed E-state index contributed by atoms with van der Waals surface area (Å²) in [6.45, 7) is 3.74. The minimum Gasteiger partial charge on any atom is -0.464 e. The van der Waals surface area contributed by atoms with Gasteiger partial charge in [-0.05, 0) is 62.5 Å². The van der Waals surface area contributed by atoms with Gasteiger partial charge in [0.05, 0.1) is 12.7 Å². The fourth-order valence-electron chi connectivity index (χ4n) is 3.86. The number of amides is 1. The zero-order chi connectivity index (χ0) is 15.8. The highest BCUT2D eigenvalue weighted by Gasteiger charge is 2.21. The minimum absolute atomic E-state index is 0.225. The monoisotopic (exact) mass is 312 g/mol. The summed E-state index contributed by atoms with van der Waals surface area (Å²) >= 11 is 0. The highest BCUT2D eigenvalue weighted by Crippen LogP contribution is 2.30. The van der Waals surface area contributed by atoms with Crippen molar-refractivity contribution in [1.82, 2.24) is 9.80 Å². The topological polar surface area (TPSA) is 36.7 Å². The van der Waals surface area contributed by atoms with Crippen molar-refractivity contribution in [2.24, 2.45) is 0 Å². The molecular weight excluding hydrogens is 288 g/mol. The molecule has 4 heteroatoms. The molecule has 2 aliphatic rings. The van der Waals surface area contributed by atoms with Crippen LogP contribution >= 0.6 is 0 Å². The SMILES string of the molecule is CN1CCCN(C(=O)Cc2coc3cc4c(cc23)CCC4)CC1.